The molecule has 8 heteroatoms. The first kappa shape index (κ1) is 19.9. The van der Waals surface area contributed by atoms with E-state index in [2.05, 4.69) is 26.6 Å². The van der Waals surface area contributed by atoms with Crippen molar-refractivity contribution in [3.63, 3.8) is 0 Å². The van der Waals surface area contributed by atoms with Crippen molar-refractivity contribution in [2.45, 2.75) is 18.4 Å². The van der Waals surface area contributed by atoms with E-state index in [1.807, 2.05) is 6.07 Å². The first-order valence-electron chi connectivity index (χ1n) is 7.20. The van der Waals surface area contributed by atoms with Crippen molar-refractivity contribution in [3.8, 4) is 0 Å². The van der Waals surface area contributed by atoms with Gasteiger partial charge >= 0.3 is 0 Å². The smallest absolute Gasteiger partial charge is 0.251 e. The summed E-state index contributed by atoms with van der Waals surface area (Å²) < 4.78 is 6.06. The lowest BCUT2D eigenvalue weighted by Gasteiger charge is -2.31. The van der Waals surface area contributed by atoms with Gasteiger partial charge in [0, 0.05) is 36.3 Å². The molecule has 1 aromatic rings. The molecular formula is C15H21BrClN3O3. The van der Waals surface area contributed by atoms with E-state index >= 15 is 0 Å². The topological polar surface area (TPSA) is 93.5 Å². The van der Waals surface area contributed by atoms with Crippen LogP contribution in [0.3, 0.4) is 0 Å². The molecule has 2 rings (SSSR count). The third-order valence-electron chi connectivity index (χ3n) is 3.62. The van der Waals surface area contributed by atoms with Gasteiger partial charge < -0.3 is 21.1 Å². The highest BCUT2D eigenvalue weighted by molar-refractivity contribution is 9.10. The summed E-state index contributed by atoms with van der Waals surface area (Å²) in [6.07, 6.45) is 1.03. The number of halogens is 2. The van der Waals surface area contributed by atoms with Crippen molar-refractivity contribution < 1.29 is 14.3 Å². The van der Waals surface area contributed by atoms with Crippen molar-refractivity contribution in [1.82, 2.24) is 10.6 Å². The van der Waals surface area contributed by atoms with Crippen LogP contribution in [-0.2, 0) is 9.53 Å². The van der Waals surface area contributed by atoms with E-state index in [-0.39, 0.29) is 24.2 Å². The summed E-state index contributed by atoms with van der Waals surface area (Å²) in [7, 11) is 0. The molecule has 0 aliphatic carbocycles. The van der Waals surface area contributed by atoms with Crippen molar-refractivity contribution in [2.24, 2.45) is 5.73 Å². The van der Waals surface area contributed by atoms with Crippen LogP contribution in [0.4, 0.5) is 0 Å². The number of carbonyl (C=O) groups is 2. The van der Waals surface area contributed by atoms with Gasteiger partial charge in [0.2, 0.25) is 5.91 Å². The van der Waals surface area contributed by atoms with Crippen LogP contribution in [0, 0.1) is 0 Å². The van der Waals surface area contributed by atoms with Crippen molar-refractivity contribution >= 4 is 40.2 Å². The number of nitrogens with one attached hydrogen (secondary N) is 2. The molecular weight excluding hydrogens is 386 g/mol. The van der Waals surface area contributed by atoms with Gasteiger partial charge in [0.25, 0.3) is 5.91 Å². The monoisotopic (exact) mass is 405 g/mol. The number of benzene rings is 1. The molecule has 0 saturated carbocycles. The van der Waals surface area contributed by atoms with E-state index in [0.29, 0.717) is 44.7 Å². The van der Waals surface area contributed by atoms with Crippen LogP contribution in [0.25, 0.3) is 0 Å². The van der Waals surface area contributed by atoms with Crippen LogP contribution in [0.2, 0.25) is 0 Å². The minimum Gasteiger partial charge on any atom is -0.381 e. The average molecular weight is 407 g/mol. The zero-order valence-electron chi connectivity index (χ0n) is 12.6. The molecule has 0 atom stereocenters. The average Bonchev–Trinajstić information content (AvgIpc) is 2.51. The number of carbonyl (C=O) groups excluding carboxylic acids is 2. The Morgan fingerprint density at radius 1 is 1.22 bits per heavy atom. The molecule has 1 saturated heterocycles. The normalized spacial score (nSPS) is 16.1. The molecule has 2 amide bonds. The van der Waals surface area contributed by atoms with Gasteiger partial charge in [-0.05, 0) is 31.0 Å². The van der Waals surface area contributed by atoms with Crippen molar-refractivity contribution in [2.75, 3.05) is 26.3 Å². The van der Waals surface area contributed by atoms with E-state index in [4.69, 9.17) is 10.5 Å². The van der Waals surface area contributed by atoms with Gasteiger partial charge in [-0.1, -0.05) is 22.0 Å². The van der Waals surface area contributed by atoms with Gasteiger partial charge in [0.05, 0.1) is 5.54 Å². The minimum absolute atomic E-state index is 0. The Balaban J connectivity index is 0.00000264. The molecule has 128 valence electrons. The second-order valence-corrected chi connectivity index (χ2v) is 6.21. The molecule has 23 heavy (non-hydrogen) atoms. The quantitative estimate of drug-likeness (QED) is 0.641. The van der Waals surface area contributed by atoms with Gasteiger partial charge in [0.1, 0.15) is 0 Å². The van der Waals surface area contributed by atoms with Gasteiger partial charge in [-0.25, -0.2) is 0 Å². The lowest BCUT2D eigenvalue weighted by molar-refractivity contribution is -0.129. The largest absolute Gasteiger partial charge is 0.381 e. The molecule has 0 radical (unpaired) electrons. The Morgan fingerprint density at radius 3 is 2.52 bits per heavy atom. The van der Waals surface area contributed by atoms with E-state index in [0.717, 1.165) is 4.47 Å². The maximum absolute atomic E-state index is 12.1. The van der Waals surface area contributed by atoms with Crippen molar-refractivity contribution in [1.29, 1.82) is 0 Å². The zero-order valence-corrected chi connectivity index (χ0v) is 15.0. The highest BCUT2D eigenvalue weighted by Crippen LogP contribution is 2.17. The maximum atomic E-state index is 12.1. The molecule has 0 bridgehead atoms. The molecule has 1 aliphatic heterocycles. The maximum Gasteiger partial charge on any atom is 0.251 e. The minimum atomic E-state index is -0.855. The lowest BCUT2D eigenvalue weighted by atomic mass is 9.90. The number of nitrogens with two attached hydrogens (primary N) is 1. The van der Waals surface area contributed by atoms with Crippen LogP contribution in [0.5, 0.6) is 0 Å². The third-order valence-corrected chi connectivity index (χ3v) is 4.11. The number of rotatable bonds is 5. The van der Waals surface area contributed by atoms with E-state index in [1.54, 1.807) is 18.2 Å². The second kappa shape index (κ2) is 9.22. The third kappa shape index (κ3) is 5.76. The fourth-order valence-electron chi connectivity index (χ4n) is 2.22. The van der Waals surface area contributed by atoms with Crippen LogP contribution < -0.4 is 16.4 Å². The number of hydrogen-bond acceptors (Lipinski definition) is 4. The fourth-order valence-corrected chi connectivity index (χ4v) is 2.62. The Hall–Kier alpha value is -1.15. The van der Waals surface area contributed by atoms with Crippen LogP contribution in [-0.4, -0.2) is 43.7 Å². The highest BCUT2D eigenvalue weighted by Gasteiger charge is 2.35. The SMILES string of the molecule is Cl.NC1(C(=O)NCCNC(=O)c2cccc(Br)c2)CCOCC1. The molecule has 0 aromatic heterocycles. The summed E-state index contributed by atoms with van der Waals surface area (Å²) in [6, 6.07) is 7.12. The zero-order chi connectivity index (χ0) is 16.0. The summed E-state index contributed by atoms with van der Waals surface area (Å²) in [5, 5.41) is 5.52. The van der Waals surface area contributed by atoms with E-state index in [9.17, 15) is 9.59 Å². The van der Waals surface area contributed by atoms with Gasteiger partial charge in [-0.2, -0.15) is 0 Å². The molecule has 1 heterocycles. The molecule has 0 spiro atoms. The van der Waals surface area contributed by atoms with Gasteiger partial charge in [-0.3, -0.25) is 9.59 Å². The van der Waals surface area contributed by atoms with Crippen molar-refractivity contribution in [3.05, 3.63) is 34.3 Å². The van der Waals surface area contributed by atoms with Crippen LogP contribution in [0.1, 0.15) is 23.2 Å². The van der Waals surface area contributed by atoms with Crippen LogP contribution in [0.15, 0.2) is 28.7 Å². The Morgan fingerprint density at radius 2 is 1.87 bits per heavy atom. The Kier molecular flexibility index (Phi) is 7.98. The van der Waals surface area contributed by atoms with E-state index < -0.39 is 5.54 Å². The summed E-state index contributed by atoms with van der Waals surface area (Å²) in [5.74, 6) is -0.364. The molecule has 6 nitrogen and oxygen atoms in total. The van der Waals surface area contributed by atoms with Gasteiger partial charge in [0.15, 0.2) is 0 Å². The summed E-state index contributed by atoms with van der Waals surface area (Å²) in [4.78, 5) is 24.0. The predicted octanol–water partition coefficient (Wildman–Crippen LogP) is 1.22. The molecule has 0 unspecified atom stereocenters. The first-order valence-corrected chi connectivity index (χ1v) is 7.99. The second-order valence-electron chi connectivity index (χ2n) is 5.29. The Labute approximate surface area is 150 Å². The fraction of sp³-hybridized carbons (Fsp3) is 0.467. The Bertz CT molecular complexity index is 551. The number of ether oxygens (including phenoxy) is 1. The predicted molar refractivity (Wildman–Crippen MR) is 93.7 cm³/mol. The summed E-state index contributed by atoms with van der Waals surface area (Å²) in [5.41, 5.74) is 5.78. The van der Waals surface area contributed by atoms with E-state index in [1.165, 1.54) is 0 Å². The first-order chi connectivity index (χ1) is 10.5. The molecule has 1 fully saturated rings. The lowest BCUT2D eigenvalue weighted by Crippen LogP contribution is -2.57. The highest BCUT2D eigenvalue weighted by atomic mass is 79.9. The summed E-state index contributed by atoms with van der Waals surface area (Å²) in [6.45, 7) is 1.70. The summed E-state index contributed by atoms with van der Waals surface area (Å²) >= 11 is 3.32. The van der Waals surface area contributed by atoms with Crippen LogP contribution >= 0.6 is 28.3 Å². The number of amides is 2. The number of hydrogen-bond donors (Lipinski definition) is 3. The molecule has 1 aliphatic rings. The standard InChI is InChI=1S/C15H20BrN3O3.ClH/c16-12-3-1-2-11(10-12)13(20)18-6-7-19-14(21)15(17)4-8-22-9-5-15;/h1-3,10H,4-9,17H2,(H,18,20)(H,19,21);1H. The van der Waals surface area contributed by atoms with Gasteiger partial charge in [-0.15, -0.1) is 12.4 Å². The molecule has 4 N–H and O–H groups in total. The molecule has 1 aromatic carbocycles.